The first-order valence-electron chi connectivity index (χ1n) is 7.25. The quantitative estimate of drug-likeness (QED) is 0.670. The number of benzene rings is 1. The van der Waals surface area contributed by atoms with E-state index in [0.29, 0.717) is 11.4 Å². The molecule has 3 aromatic rings. The lowest BCUT2D eigenvalue weighted by atomic mass is 10.1. The molecule has 0 radical (unpaired) electrons. The molecule has 23 heavy (non-hydrogen) atoms. The largest absolute Gasteiger partial charge is 0.469 e. The molecule has 0 fully saturated rings. The summed E-state index contributed by atoms with van der Waals surface area (Å²) >= 11 is 3.21. The fourth-order valence-electron chi connectivity index (χ4n) is 2.56. The SMILES string of the molecule is COC(=O)[C@H](C)CN(C)C(=O)c1cc2sc3ccccc3c2s1. The minimum Gasteiger partial charge on any atom is -0.469 e. The number of esters is 1. The molecule has 1 atom stereocenters. The summed E-state index contributed by atoms with van der Waals surface area (Å²) < 4.78 is 8.24. The van der Waals surface area contributed by atoms with Crippen LogP contribution in [0.4, 0.5) is 0 Å². The molecule has 3 rings (SSSR count). The summed E-state index contributed by atoms with van der Waals surface area (Å²) in [6, 6.07) is 10.2. The van der Waals surface area contributed by atoms with Gasteiger partial charge in [-0.3, -0.25) is 9.59 Å². The van der Waals surface area contributed by atoms with Gasteiger partial charge < -0.3 is 9.64 Å². The lowest BCUT2D eigenvalue weighted by Crippen LogP contribution is -2.33. The van der Waals surface area contributed by atoms with Crippen LogP contribution in [0.2, 0.25) is 0 Å². The van der Waals surface area contributed by atoms with Crippen molar-refractivity contribution in [1.82, 2.24) is 4.90 Å². The lowest BCUT2D eigenvalue weighted by molar-refractivity contribution is -0.145. The number of carbonyl (C=O) groups excluding carboxylic acids is 2. The molecule has 120 valence electrons. The van der Waals surface area contributed by atoms with Crippen LogP contribution in [0.3, 0.4) is 0 Å². The third-order valence-electron chi connectivity index (χ3n) is 3.76. The lowest BCUT2D eigenvalue weighted by Gasteiger charge is -2.19. The van der Waals surface area contributed by atoms with Crippen LogP contribution in [-0.4, -0.2) is 37.5 Å². The zero-order valence-electron chi connectivity index (χ0n) is 13.2. The Morgan fingerprint density at radius 1 is 1.22 bits per heavy atom. The maximum atomic E-state index is 12.6. The van der Waals surface area contributed by atoms with Gasteiger partial charge >= 0.3 is 5.97 Å². The molecule has 0 aliphatic carbocycles. The summed E-state index contributed by atoms with van der Waals surface area (Å²) in [6.07, 6.45) is 0. The van der Waals surface area contributed by atoms with Crippen molar-refractivity contribution < 1.29 is 14.3 Å². The first-order chi connectivity index (χ1) is 11.0. The fourth-order valence-corrected chi connectivity index (χ4v) is 5.08. The van der Waals surface area contributed by atoms with E-state index < -0.39 is 0 Å². The normalized spacial score (nSPS) is 12.5. The maximum absolute atomic E-state index is 12.6. The Labute approximate surface area is 142 Å². The zero-order chi connectivity index (χ0) is 16.6. The van der Waals surface area contributed by atoms with E-state index in [-0.39, 0.29) is 17.8 Å². The Morgan fingerprint density at radius 3 is 2.70 bits per heavy atom. The van der Waals surface area contributed by atoms with Crippen LogP contribution >= 0.6 is 22.7 Å². The molecule has 0 saturated carbocycles. The third kappa shape index (κ3) is 2.96. The van der Waals surface area contributed by atoms with Crippen LogP contribution in [0.5, 0.6) is 0 Å². The predicted molar refractivity (Wildman–Crippen MR) is 95.3 cm³/mol. The highest BCUT2D eigenvalue weighted by Gasteiger charge is 2.21. The number of carbonyl (C=O) groups is 2. The molecule has 2 heterocycles. The number of hydrogen-bond acceptors (Lipinski definition) is 5. The molecule has 4 nitrogen and oxygen atoms in total. The first-order valence-corrected chi connectivity index (χ1v) is 8.89. The van der Waals surface area contributed by atoms with E-state index in [4.69, 9.17) is 4.74 Å². The van der Waals surface area contributed by atoms with E-state index in [0.717, 1.165) is 9.40 Å². The van der Waals surface area contributed by atoms with Crippen molar-refractivity contribution in [3.8, 4) is 0 Å². The molecule has 0 unspecified atom stereocenters. The molecule has 1 amide bonds. The van der Waals surface area contributed by atoms with Crippen molar-refractivity contribution in [1.29, 1.82) is 0 Å². The second-order valence-corrected chi connectivity index (χ2v) is 7.65. The number of nitrogens with zero attached hydrogens (tertiary/aromatic N) is 1. The van der Waals surface area contributed by atoms with Crippen molar-refractivity contribution in [2.45, 2.75) is 6.92 Å². The van der Waals surface area contributed by atoms with Crippen LogP contribution in [0.1, 0.15) is 16.6 Å². The number of methoxy groups -OCH3 is 1. The molecule has 0 aliphatic heterocycles. The standard InChI is InChI=1S/C17H17NO3S2/c1-10(17(20)21-3)9-18(2)16(19)14-8-13-15(23-14)11-6-4-5-7-12(11)22-13/h4-8,10H,9H2,1-3H3/t10-/m1/s1. The highest BCUT2D eigenvalue weighted by Crippen LogP contribution is 2.39. The summed E-state index contributed by atoms with van der Waals surface area (Å²) in [5.41, 5.74) is 0. The predicted octanol–water partition coefficient (Wildman–Crippen LogP) is 4.00. The molecule has 1 aromatic carbocycles. The molecule has 0 N–H and O–H groups in total. The van der Waals surface area contributed by atoms with Crippen molar-refractivity contribution in [3.05, 3.63) is 35.2 Å². The van der Waals surface area contributed by atoms with E-state index in [9.17, 15) is 9.59 Å². The van der Waals surface area contributed by atoms with Gasteiger partial charge in [-0.2, -0.15) is 0 Å². The minimum absolute atomic E-state index is 0.0572. The molecular weight excluding hydrogens is 330 g/mol. The number of hydrogen-bond donors (Lipinski definition) is 0. The molecule has 0 saturated heterocycles. The summed E-state index contributed by atoms with van der Waals surface area (Å²) in [5, 5.41) is 1.20. The number of ether oxygens (including phenoxy) is 1. The average Bonchev–Trinajstić information content (AvgIpc) is 3.10. The average molecular weight is 347 g/mol. The van der Waals surface area contributed by atoms with E-state index in [2.05, 4.69) is 12.1 Å². The second kappa shape index (κ2) is 6.29. The van der Waals surface area contributed by atoms with Gasteiger partial charge in [0.2, 0.25) is 0 Å². The first kappa shape index (κ1) is 16.0. The second-order valence-electron chi connectivity index (χ2n) is 5.51. The Balaban J connectivity index is 1.84. The van der Waals surface area contributed by atoms with Gasteiger partial charge in [0, 0.05) is 28.4 Å². The number of thiophene rings is 2. The van der Waals surface area contributed by atoms with Crippen molar-refractivity contribution in [2.24, 2.45) is 5.92 Å². The van der Waals surface area contributed by atoms with Gasteiger partial charge in [0.25, 0.3) is 5.91 Å². The summed E-state index contributed by atoms with van der Waals surface area (Å²) in [6.45, 7) is 2.11. The van der Waals surface area contributed by atoms with Gasteiger partial charge in [-0.25, -0.2) is 0 Å². The van der Waals surface area contributed by atoms with Gasteiger partial charge in [-0.1, -0.05) is 25.1 Å². The minimum atomic E-state index is -0.337. The van der Waals surface area contributed by atoms with Crippen molar-refractivity contribution >= 4 is 54.0 Å². The van der Waals surface area contributed by atoms with Crippen molar-refractivity contribution in [3.63, 3.8) is 0 Å². The van der Waals surface area contributed by atoms with Crippen LogP contribution in [0.15, 0.2) is 30.3 Å². The Bertz CT molecular complexity index is 880. The number of fused-ring (bicyclic) bond motifs is 3. The Morgan fingerprint density at radius 2 is 1.96 bits per heavy atom. The van der Waals surface area contributed by atoms with Crippen LogP contribution < -0.4 is 0 Å². The zero-order valence-corrected chi connectivity index (χ0v) is 14.8. The monoisotopic (exact) mass is 347 g/mol. The molecule has 6 heteroatoms. The highest BCUT2D eigenvalue weighted by molar-refractivity contribution is 7.33. The van der Waals surface area contributed by atoms with Crippen molar-refractivity contribution in [2.75, 3.05) is 20.7 Å². The summed E-state index contributed by atoms with van der Waals surface area (Å²) in [4.78, 5) is 26.4. The molecule has 0 bridgehead atoms. The third-order valence-corrected chi connectivity index (χ3v) is 6.16. The molecule has 0 spiro atoms. The van der Waals surface area contributed by atoms with Gasteiger partial charge in [-0.15, -0.1) is 22.7 Å². The molecular formula is C17H17NO3S2. The summed E-state index contributed by atoms with van der Waals surface area (Å²) in [7, 11) is 3.08. The molecule has 0 aliphatic rings. The molecule has 2 aromatic heterocycles. The fraction of sp³-hybridized carbons (Fsp3) is 0.294. The number of amides is 1. The Hall–Kier alpha value is -1.92. The maximum Gasteiger partial charge on any atom is 0.310 e. The smallest absolute Gasteiger partial charge is 0.310 e. The van der Waals surface area contributed by atoms with Crippen LogP contribution in [0.25, 0.3) is 19.5 Å². The van der Waals surface area contributed by atoms with Crippen LogP contribution in [-0.2, 0) is 9.53 Å². The van der Waals surface area contributed by atoms with Gasteiger partial charge in [0.05, 0.1) is 22.6 Å². The van der Waals surface area contributed by atoms with Gasteiger partial charge in [0.1, 0.15) is 0 Å². The summed E-state index contributed by atoms with van der Waals surface area (Å²) in [5.74, 6) is -0.697. The van der Waals surface area contributed by atoms with Gasteiger partial charge in [-0.05, 0) is 12.1 Å². The van der Waals surface area contributed by atoms with Crippen LogP contribution in [0, 0.1) is 5.92 Å². The van der Waals surface area contributed by atoms with E-state index >= 15 is 0 Å². The Kier molecular flexibility index (Phi) is 4.37. The highest BCUT2D eigenvalue weighted by atomic mass is 32.1. The van der Waals surface area contributed by atoms with E-state index in [1.807, 2.05) is 18.2 Å². The van der Waals surface area contributed by atoms with E-state index in [1.165, 1.54) is 28.5 Å². The van der Waals surface area contributed by atoms with E-state index in [1.54, 1.807) is 30.2 Å². The topological polar surface area (TPSA) is 46.6 Å². The van der Waals surface area contributed by atoms with Gasteiger partial charge in [0.15, 0.2) is 0 Å². The number of rotatable bonds is 4.